The minimum Gasteiger partial charge on any atom is -0.388 e. The summed E-state index contributed by atoms with van der Waals surface area (Å²) in [5.74, 6) is -0.757. The zero-order valence-electron chi connectivity index (χ0n) is 15.1. The van der Waals surface area contributed by atoms with E-state index in [-0.39, 0.29) is 19.1 Å². The Labute approximate surface area is 165 Å². The second kappa shape index (κ2) is 6.96. The zero-order valence-corrected chi connectivity index (χ0v) is 16.7. The second-order valence-electron chi connectivity index (χ2n) is 7.38. The maximum atomic E-state index is 13.2. The molecule has 27 heavy (non-hydrogen) atoms. The maximum absolute atomic E-state index is 13.2. The minimum atomic E-state index is -1.00. The Morgan fingerprint density at radius 2 is 1.89 bits per heavy atom. The molecule has 0 spiro atoms. The molecule has 1 fully saturated rings. The summed E-state index contributed by atoms with van der Waals surface area (Å²) in [5.41, 5.74) is 0.753. The largest absolute Gasteiger partial charge is 0.388 e. The molecule has 0 bridgehead atoms. The van der Waals surface area contributed by atoms with Crippen LogP contribution in [0.2, 0.25) is 0 Å². The molecule has 6 nitrogen and oxygen atoms in total. The highest BCUT2D eigenvalue weighted by Gasteiger charge is 2.44. The number of rotatable bonds is 4. The van der Waals surface area contributed by atoms with E-state index in [1.807, 2.05) is 18.2 Å². The lowest BCUT2D eigenvalue weighted by atomic mass is 9.84. The van der Waals surface area contributed by atoms with E-state index in [2.05, 4.69) is 20.9 Å². The van der Waals surface area contributed by atoms with E-state index in [0.717, 1.165) is 23.7 Å². The zero-order chi connectivity index (χ0) is 19.2. The molecule has 2 aromatic rings. The van der Waals surface area contributed by atoms with E-state index in [4.69, 9.17) is 4.74 Å². The van der Waals surface area contributed by atoms with Crippen LogP contribution in [0.3, 0.4) is 0 Å². The smallest absolute Gasteiger partial charge is 0.263 e. The Morgan fingerprint density at radius 3 is 2.59 bits per heavy atom. The molecule has 0 unspecified atom stereocenters. The number of hydrogen-bond acceptors (Lipinski definition) is 5. The number of fused-ring (bicyclic) bond motifs is 3. The predicted octanol–water partition coefficient (Wildman–Crippen LogP) is 3.43. The third-order valence-corrected chi connectivity index (χ3v) is 5.95. The topological polar surface area (TPSA) is 79.7 Å². The fourth-order valence-corrected chi connectivity index (χ4v) is 4.51. The number of nitrogens with zero attached hydrogens (tertiary/aromatic N) is 2. The molecule has 1 aromatic heterocycles. The van der Waals surface area contributed by atoms with Crippen LogP contribution < -0.4 is 0 Å². The van der Waals surface area contributed by atoms with Crippen molar-refractivity contribution in [3.63, 3.8) is 0 Å². The molecule has 2 amide bonds. The number of hydrogen-bond donors (Lipinski definition) is 1. The lowest BCUT2D eigenvalue weighted by Gasteiger charge is -2.34. The first kappa shape index (κ1) is 18.5. The summed E-state index contributed by atoms with van der Waals surface area (Å²) < 4.78 is 6.02. The van der Waals surface area contributed by atoms with Gasteiger partial charge in [0.25, 0.3) is 11.8 Å². The quantitative estimate of drug-likeness (QED) is 0.748. The van der Waals surface area contributed by atoms with E-state index < -0.39 is 11.5 Å². The molecule has 1 aliphatic carbocycles. The summed E-state index contributed by atoms with van der Waals surface area (Å²) in [6.45, 7) is 0.173. The number of aromatic nitrogens is 1. The Kier molecular flexibility index (Phi) is 4.78. The fraction of sp³-hybridized carbons (Fsp3) is 0.450. The van der Waals surface area contributed by atoms with Crippen molar-refractivity contribution in [2.75, 3.05) is 13.7 Å². The Hall–Kier alpha value is -1.83. The van der Waals surface area contributed by atoms with Crippen LogP contribution in [0.5, 0.6) is 0 Å². The van der Waals surface area contributed by atoms with Crippen molar-refractivity contribution in [1.29, 1.82) is 0 Å². The van der Waals surface area contributed by atoms with Crippen LogP contribution in [0.25, 0.3) is 10.9 Å². The number of halogens is 1. The van der Waals surface area contributed by atoms with Gasteiger partial charge in [-0.25, -0.2) is 4.98 Å². The highest BCUT2D eigenvalue weighted by atomic mass is 79.9. The highest BCUT2D eigenvalue weighted by molar-refractivity contribution is 9.10. The number of carbonyl (C=O) groups is 2. The molecule has 142 valence electrons. The van der Waals surface area contributed by atoms with Crippen molar-refractivity contribution in [1.82, 2.24) is 9.88 Å². The molecular formula is C20H21BrN2O4. The van der Waals surface area contributed by atoms with Crippen LogP contribution in [0.1, 0.15) is 58.5 Å². The van der Waals surface area contributed by atoms with Gasteiger partial charge in [0, 0.05) is 17.0 Å². The van der Waals surface area contributed by atoms with Crippen molar-refractivity contribution >= 4 is 38.6 Å². The SMILES string of the molecule is COCc1nc2ccc(Br)cc2c2c1C(=O)N(CC1(O)CCCCC1)C2=O. The molecule has 4 rings (SSSR count). The van der Waals surface area contributed by atoms with E-state index in [1.54, 1.807) is 0 Å². The van der Waals surface area contributed by atoms with Crippen LogP contribution in [0, 0.1) is 0 Å². The van der Waals surface area contributed by atoms with Crippen LogP contribution in [-0.4, -0.2) is 46.1 Å². The number of carbonyl (C=O) groups excluding carboxylic acids is 2. The number of benzene rings is 1. The molecule has 0 radical (unpaired) electrons. The van der Waals surface area contributed by atoms with Crippen LogP contribution in [0.4, 0.5) is 0 Å². The molecule has 1 aromatic carbocycles. The lowest BCUT2D eigenvalue weighted by Crippen LogP contribution is -2.46. The van der Waals surface area contributed by atoms with Crippen molar-refractivity contribution in [2.45, 2.75) is 44.3 Å². The average molecular weight is 433 g/mol. The van der Waals surface area contributed by atoms with Crippen molar-refractivity contribution < 1.29 is 19.4 Å². The molecular weight excluding hydrogens is 412 g/mol. The number of ether oxygens (including phenoxy) is 1. The van der Waals surface area contributed by atoms with E-state index in [9.17, 15) is 14.7 Å². The molecule has 7 heteroatoms. The van der Waals surface area contributed by atoms with Crippen molar-refractivity contribution in [2.24, 2.45) is 0 Å². The van der Waals surface area contributed by atoms with Gasteiger partial charge in [-0.05, 0) is 31.0 Å². The first-order valence-corrected chi connectivity index (χ1v) is 9.92. The summed E-state index contributed by atoms with van der Waals surface area (Å²) >= 11 is 3.43. The Morgan fingerprint density at radius 1 is 1.19 bits per heavy atom. The van der Waals surface area contributed by atoms with Gasteiger partial charge < -0.3 is 9.84 Å². The normalized spacial score (nSPS) is 19.0. The maximum Gasteiger partial charge on any atom is 0.263 e. The number of methoxy groups -OCH3 is 1. The summed E-state index contributed by atoms with van der Waals surface area (Å²) in [6.07, 6.45) is 4.11. The number of pyridine rings is 1. The predicted molar refractivity (Wildman–Crippen MR) is 104 cm³/mol. The third kappa shape index (κ3) is 3.17. The summed E-state index contributed by atoms with van der Waals surface area (Å²) in [6, 6.07) is 5.47. The van der Waals surface area contributed by atoms with Crippen LogP contribution >= 0.6 is 15.9 Å². The van der Waals surface area contributed by atoms with Gasteiger partial charge in [-0.15, -0.1) is 0 Å². The first-order valence-electron chi connectivity index (χ1n) is 9.13. The molecule has 0 atom stereocenters. The summed E-state index contributed by atoms with van der Waals surface area (Å²) in [5, 5.41) is 11.5. The molecule has 0 saturated heterocycles. The molecule has 1 saturated carbocycles. The standard InChI is InChI=1S/C20H21BrN2O4/c1-27-10-15-17-16(13-9-12(21)5-6-14(13)22-15)18(24)23(19(17)25)11-20(26)7-3-2-4-8-20/h5-6,9,26H,2-4,7-8,10-11H2,1H3. The average Bonchev–Trinajstić information content (AvgIpc) is 2.88. The van der Waals surface area contributed by atoms with Gasteiger partial charge in [0.1, 0.15) is 0 Å². The van der Waals surface area contributed by atoms with Crippen molar-refractivity contribution in [3.05, 3.63) is 39.5 Å². The summed E-state index contributed by atoms with van der Waals surface area (Å²) in [7, 11) is 1.53. The number of aliphatic hydroxyl groups is 1. The Balaban J connectivity index is 1.82. The van der Waals surface area contributed by atoms with E-state index >= 15 is 0 Å². The lowest BCUT2D eigenvalue weighted by molar-refractivity contribution is -0.0178. The first-order chi connectivity index (χ1) is 12.9. The monoisotopic (exact) mass is 432 g/mol. The van der Waals surface area contributed by atoms with Gasteiger partial charge in [0.15, 0.2) is 0 Å². The third-order valence-electron chi connectivity index (χ3n) is 5.46. The molecule has 2 aliphatic rings. The van der Waals surface area contributed by atoms with E-state index in [1.165, 1.54) is 12.0 Å². The number of imide groups is 1. The second-order valence-corrected chi connectivity index (χ2v) is 8.30. The van der Waals surface area contributed by atoms with Gasteiger partial charge >= 0.3 is 0 Å². The van der Waals surface area contributed by atoms with Gasteiger partial charge in [0.2, 0.25) is 0 Å². The van der Waals surface area contributed by atoms with Gasteiger partial charge in [-0.3, -0.25) is 14.5 Å². The van der Waals surface area contributed by atoms with Crippen molar-refractivity contribution in [3.8, 4) is 0 Å². The van der Waals surface area contributed by atoms with Gasteiger partial charge in [-0.2, -0.15) is 0 Å². The van der Waals surface area contributed by atoms with E-state index in [0.29, 0.717) is 40.6 Å². The Bertz CT molecular complexity index is 937. The fourth-order valence-electron chi connectivity index (χ4n) is 4.15. The number of amides is 2. The van der Waals surface area contributed by atoms with Crippen LogP contribution in [0.15, 0.2) is 22.7 Å². The van der Waals surface area contributed by atoms with Gasteiger partial charge in [0.05, 0.1) is 41.1 Å². The minimum absolute atomic E-state index is 0.0290. The number of β-amino-alcohol motifs (C(OH)–C–C–N with tert-alkyl or cyclic N) is 1. The molecule has 1 N–H and O–H groups in total. The van der Waals surface area contributed by atoms with Gasteiger partial charge in [-0.1, -0.05) is 35.2 Å². The summed E-state index contributed by atoms with van der Waals surface area (Å²) in [4.78, 5) is 32.1. The van der Waals surface area contributed by atoms with Crippen LogP contribution in [-0.2, 0) is 11.3 Å². The molecule has 2 heterocycles. The molecule has 1 aliphatic heterocycles. The highest BCUT2D eigenvalue weighted by Crippen LogP contribution is 2.36.